The third-order valence-electron chi connectivity index (χ3n) is 4.87. The summed E-state index contributed by atoms with van der Waals surface area (Å²) in [5, 5.41) is 3.78. The Morgan fingerprint density at radius 1 is 1.32 bits per heavy atom. The van der Waals surface area contributed by atoms with E-state index in [1.54, 1.807) is 13.0 Å². The normalized spacial score (nSPS) is 18.7. The molecule has 0 aliphatic carbocycles. The predicted molar refractivity (Wildman–Crippen MR) is 118 cm³/mol. The fraction of sp³-hybridized carbons (Fsp3) is 0.238. The number of nitrogens with zero attached hydrogens (tertiary/aromatic N) is 5. The number of ether oxygens (including phenoxy) is 1. The zero-order valence-corrected chi connectivity index (χ0v) is 18.9. The maximum Gasteiger partial charge on any atom is 0.232 e. The van der Waals surface area contributed by atoms with Gasteiger partial charge in [-0.2, -0.15) is 0 Å². The summed E-state index contributed by atoms with van der Waals surface area (Å²) >= 11 is 0. The number of aryl methyl sites for hydroxylation is 1. The topological polar surface area (TPSA) is 120 Å². The van der Waals surface area contributed by atoms with E-state index in [0.717, 1.165) is 18.3 Å². The van der Waals surface area contributed by atoms with Gasteiger partial charge in [-0.25, -0.2) is 32.3 Å². The Kier molecular flexibility index (Phi) is 6.63. The molecule has 34 heavy (non-hydrogen) atoms. The predicted octanol–water partition coefficient (Wildman–Crippen LogP) is 3.06. The number of aliphatic imine (C=N–C) groups is 1. The third kappa shape index (κ3) is 5.09. The van der Waals surface area contributed by atoms with Gasteiger partial charge in [0.05, 0.1) is 24.2 Å². The number of hydrogen-bond donors (Lipinski definition) is 1. The molecule has 9 nitrogen and oxygen atoms in total. The van der Waals surface area contributed by atoms with E-state index >= 15 is 0 Å². The maximum absolute atomic E-state index is 14.8. The zero-order valence-electron chi connectivity index (χ0n) is 18.0. The average Bonchev–Trinajstić information content (AvgIpc) is 3.23. The largest absolute Gasteiger partial charge is 0.470 e. The minimum Gasteiger partial charge on any atom is -0.470 e. The molecule has 3 heterocycles. The lowest BCUT2D eigenvalue weighted by atomic mass is 10.0. The minimum absolute atomic E-state index is 0.0217. The van der Waals surface area contributed by atoms with Crippen LogP contribution in [0.1, 0.15) is 34.3 Å². The van der Waals surface area contributed by atoms with Crippen LogP contribution >= 0.6 is 0 Å². The summed E-state index contributed by atoms with van der Waals surface area (Å²) in [6.07, 6.45) is 3.34. The van der Waals surface area contributed by atoms with Gasteiger partial charge in [0, 0.05) is 18.7 Å². The summed E-state index contributed by atoms with van der Waals surface area (Å²) in [6, 6.07) is 2.78. The Balaban J connectivity index is 1.53. The summed E-state index contributed by atoms with van der Waals surface area (Å²) in [5.41, 5.74) is 5.97. The second kappa shape index (κ2) is 9.63. The monoisotopic (exact) mass is 492 g/mol. The second-order valence-electron chi connectivity index (χ2n) is 7.34. The van der Waals surface area contributed by atoms with Crippen LogP contribution in [0.25, 0.3) is 11.9 Å². The van der Waals surface area contributed by atoms with Crippen LogP contribution in [0.4, 0.5) is 13.2 Å². The van der Waals surface area contributed by atoms with Crippen molar-refractivity contribution in [3.8, 4) is 5.88 Å². The molecular weight excluding hydrogens is 473 g/mol. The van der Waals surface area contributed by atoms with Gasteiger partial charge >= 0.3 is 0 Å². The van der Waals surface area contributed by atoms with Crippen LogP contribution in [0.15, 0.2) is 40.1 Å². The number of aromatic nitrogens is 3. The van der Waals surface area contributed by atoms with Crippen molar-refractivity contribution >= 4 is 28.8 Å². The van der Waals surface area contributed by atoms with Crippen LogP contribution in [0, 0.1) is 18.6 Å². The Labute approximate surface area is 194 Å². The lowest BCUT2D eigenvalue weighted by molar-refractivity contribution is 0.276. The lowest BCUT2D eigenvalue weighted by Crippen LogP contribution is -2.41. The highest BCUT2D eigenvalue weighted by molar-refractivity contribution is 7.83. The van der Waals surface area contributed by atoms with Crippen molar-refractivity contribution in [1.29, 1.82) is 0 Å². The first kappa shape index (κ1) is 23.4. The summed E-state index contributed by atoms with van der Waals surface area (Å²) in [5.74, 6) is -2.59. The first-order chi connectivity index (χ1) is 16.2. The molecule has 4 rings (SSSR count). The summed E-state index contributed by atoms with van der Waals surface area (Å²) < 4.78 is 67.2. The van der Waals surface area contributed by atoms with Crippen molar-refractivity contribution < 1.29 is 26.6 Å². The molecule has 2 atom stereocenters. The number of halogens is 3. The fourth-order valence-corrected chi connectivity index (χ4v) is 4.12. The number of benzene rings is 1. The molecule has 2 N–H and O–H groups in total. The number of hydrogen-bond acceptors (Lipinski definition) is 8. The van der Waals surface area contributed by atoms with Crippen molar-refractivity contribution in [1.82, 2.24) is 19.4 Å². The van der Waals surface area contributed by atoms with Gasteiger partial charge in [0.15, 0.2) is 17.5 Å². The first-order valence-corrected chi connectivity index (χ1v) is 11.2. The maximum atomic E-state index is 14.8. The van der Waals surface area contributed by atoms with Crippen LogP contribution in [-0.2, 0) is 17.6 Å². The summed E-state index contributed by atoms with van der Waals surface area (Å²) in [4.78, 5) is 12.0. The molecule has 0 saturated heterocycles. The van der Waals surface area contributed by atoms with E-state index in [1.165, 1.54) is 23.6 Å². The molecule has 0 radical (unpaired) electrons. The van der Waals surface area contributed by atoms with Gasteiger partial charge in [-0.15, -0.1) is 0 Å². The van der Waals surface area contributed by atoms with Crippen molar-refractivity contribution in [2.75, 3.05) is 12.8 Å². The van der Waals surface area contributed by atoms with E-state index in [2.05, 4.69) is 20.1 Å². The molecule has 0 saturated carbocycles. The van der Waals surface area contributed by atoms with Crippen molar-refractivity contribution in [2.45, 2.75) is 19.6 Å². The van der Waals surface area contributed by atoms with E-state index in [-0.39, 0.29) is 41.0 Å². The molecule has 178 valence electrons. The van der Waals surface area contributed by atoms with Gasteiger partial charge in [-0.1, -0.05) is 5.16 Å². The second-order valence-corrected chi connectivity index (χ2v) is 8.87. The van der Waals surface area contributed by atoms with Gasteiger partial charge in [-0.05, 0) is 30.7 Å². The molecular formula is C21H19F3N6O3S. The standard InChI is InChI=1S/C21H19F3N6O3S/c1-11-3-13(29-33-11)9-32-19-8-26-17(7-27-19)15(22)5-12-4-14(20(24)16(23)6-12)18-10-34(31)30(2)21(25)28-18/h3-8,18H,9-10H2,1-2H3,(H2,25,28)/b15-5-. The molecule has 3 aromatic rings. The molecule has 0 fully saturated rings. The van der Waals surface area contributed by atoms with Crippen molar-refractivity contribution in [2.24, 2.45) is 10.7 Å². The quantitative estimate of drug-likeness (QED) is 0.562. The molecule has 2 unspecified atom stereocenters. The highest BCUT2D eigenvalue weighted by atomic mass is 32.2. The van der Waals surface area contributed by atoms with Gasteiger partial charge < -0.3 is 15.0 Å². The van der Waals surface area contributed by atoms with Crippen LogP contribution < -0.4 is 10.5 Å². The number of rotatable bonds is 6. The van der Waals surface area contributed by atoms with Crippen LogP contribution in [0.2, 0.25) is 0 Å². The molecule has 0 amide bonds. The van der Waals surface area contributed by atoms with Crippen LogP contribution in [-0.4, -0.2) is 42.4 Å². The van der Waals surface area contributed by atoms with Crippen molar-refractivity contribution in [3.05, 3.63) is 70.5 Å². The minimum atomic E-state index is -1.56. The summed E-state index contributed by atoms with van der Waals surface area (Å²) in [7, 11) is -0.0877. The molecule has 1 aromatic carbocycles. The Morgan fingerprint density at radius 2 is 2.12 bits per heavy atom. The first-order valence-electron chi connectivity index (χ1n) is 9.90. The van der Waals surface area contributed by atoms with E-state index in [0.29, 0.717) is 11.5 Å². The lowest BCUT2D eigenvalue weighted by Gasteiger charge is -2.26. The van der Waals surface area contributed by atoms with Gasteiger partial charge in [0.2, 0.25) is 11.8 Å². The van der Waals surface area contributed by atoms with E-state index in [1.807, 2.05) is 0 Å². The Hall–Kier alpha value is -3.74. The Bertz CT molecular complexity index is 1300. The molecule has 1 aliphatic rings. The van der Waals surface area contributed by atoms with Crippen LogP contribution in [0.3, 0.4) is 0 Å². The highest BCUT2D eigenvalue weighted by Crippen LogP contribution is 2.29. The summed E-state index contributed by atoms with van der Waals surface area (Å²) in [6.45, 7) is 1.84. The van der Waals surface area contributed by atoms with Crippen LogP contribution in [0.5, 0.6) is 5.88 Å². The van der Waals surface area contributed by atoms with E-state index in [9.17, 15) is 17.4 Å². The third-order valence-corrected chi connectivity index (χ3v) is 6.26. The molecule has 2 aromatic heterocycles. The smallest absolute Gasteiger partial charge is 0.232 e. The fourth-order valence-electron chi connectivity index (χ4n) is 3.11. The highest BCUT2D eigenvalue weighted by Gasteiger charge is 2.28. The molecule has 0 bridgehead atoms. The number of nitrogens with two attached hydrogens (primary N) is 1. The van der Waals surface area contributed by atoms with Crippen molar-refractivity contribution in [3.63, 3.8) is 0 Å². The molecule has 1 aliphatic heterocycles. The number of guanidine groups is 1. The van der Waals surface area contributed by atoms with Gasteiger partial charge in [-0.3, -0.25) is 4.31 Å². The zero-order chi connectivity index (χ0) is 24.4. The molecule has 0 spiro atoms. The molecule has 13 heteroatoms. The Morgan fingerprint density at radius 3 is 2.76 bits per heavy atom. The van der Waals surface area contributed by atoms with Gasteiger partial charge in [0.25, 0.3) is 0 Å². The van der Waals surface area contributed by atoms with Gasteiger partial charge in [0.1, 0.15) is 34.7 Å². The SMILES string of the molecule is Cc1cc(COc2cnc(/C(F)=C/c3cc(F)c(F)c(C4CS(=O)N(C)C(N)=N4)c3)cn2)no1. The van der Waals surface area contributed by atoms with E-state index < -0.39 is 34.5 Å². The average molecular weight is 492 g/mol. The van der Waals surface area contributed by atoms with E-state index in [4.69, 9.17) is 15.0 Å².